The number of nitrogens with one attached hydrogen (secondary N) is 1. The van der Waals surface area contributed by atoms with Gasteiger partial charge in [-0.3, -0.25) is 9.36 Å². The SMILES string of the molecule is COc1ccc(Nc2nc3ccc(C(=O)N(CCC4CC4)CCC4CC4)nc3n2CCCN2CCCCC2)cc1. The summed E-state index contributed by atoms with van der Waals surface area (Å²) in [5.41, 5.74) is 3.07. The van der Waals surface area contributed by atoms with Crippen LogP contribution in [0.25, 0.3) is 11.2 Å². The molecule has 1 aliphatic heterocycles. The Morgan fingerprint density at radius 1 is 0.925 bits per heavy atom. The lowest BCUT2D eigenvalue weighted by Gasteiger charge is -2.26. The number of rotatable bonds is 14. The molecule has 40 heavy (non-hydrogen) atoms. The highest BCUT2D eigenvalue weighted by Gasteiger charge is 2.27. The molecule has 2 saturated carbocycles. The molecule has 0 spiro atoms. The minimum Gasteiger partial charge on any atom is -0.497 e. The number of piperidine rings is 1. The molecule has 3 aliphatic rings. The zero-order valence-electron chi connectivity index (χ0n) is 24.0. The van der Waals surface area contributed by atoms with Crippen molar-refractivity contribution in [2.24, 2.45) is 11.8 Å². The van der Waals surface area contributed by atoms with E-state index in [1.54, 1.807) is 7.11 Å². The molecule has 3 heterocycles. The number of amides is 1. The van der Waals surface area contributed by atoms with Gasteiger partial charge < -0.3 is 19.9 Å². The molecule has 0 bridgehead atoms. The summed E-state index contributed by atoms with van der Waals surface area (Å²) in [5.74, 6) is 3.25. The average Bonchev–Trinajstić information content (AvgIpc) is 3.93. The van der Waals surface area contributed by atoms with Gasteiger partial charge in [-0.15, -0.1) is 0 Å². The largest absolute Gasteiger partial charge is 0.497 e. The lowest BCUT2D eigenvalue weighted by Crippen LogP contribution is -2.34. The van der Waals surface area contributed by atoms with E-state index in [2.05, 4.69) is 19.7 Å². The van der Waals surface area contributed by atoms with Gasteiger partial charge in [0.2, 0.25) is 5.95 Å². The second-order valence-corrected chi connectivity index (χ2v) is 12.0. The second kappa shape index (κ2) is 12.6. The number of nitrogens with zero attached hydrogens (tertiary/aromatic N) is 5. The maximum absolute atomic E-state index is 13.7. The Hall–Kier alpha value is -3.13. The predicted molar refractivity (Wildman–Crippen MR) is 159 cm³/mol. The highest BCUT2D eigenvalue weighted by molar-refractivity contribution is 5.94. The molecule has 2 aliphatic carbocycles. The first-order valence-electron chi connectivity index (χ1n) is 15.5. The number of pyridine rings is 1. The van der Waals surface area contributed by atoms with Crippen molar-refractivity contribution in [2.75, 3.05) is 45.2 Å². The smallest absolute Gasteiger partial charge is 0.272 e. The first-order chi connectivity index (χ1) is 19.7. The summed E-state index contributed by atoms with van der Waals surface area (Å²) < 4.78 is 7.49. The molecule has 3 fully saturated rings. The molecular weight excluding hydrogens is 500 g/mol. The van der Waals surface area contributed by atoms with Crippen LogP contribution in [0.15, 0.2) is 36.4 Å². The van der Waals surface area contributed by atoms with Crippen LogP contribution in [0.4, 0.5) is 11.6 Å². The Kier molecular flexibility index (Phi) is 8.51. The van der Waals surface area contributed by atoms with Gasteiger partial charge in [0, 0.05) is 25.3 Å². The van der Waals surface area contributed by atoms with Crippen molar-refractivity contribution in [3.05, 3.63) is 42.1 Å². The lowest BCUT2D eigenvalue weighted by atomic mass is 10.1. The number of fused-ring (bicyclic) bond motifs is 1. The topological polar surface area (TPSA) is 75.5 Å². The maximum Gasteiger partial charge on any atom is 0.272 e. The summed E-state index contributed by atoms with van der Waals surface area (Å²) in [4.78, 5) is 28.3. The van der Waals surface area contributed by atoms with E-state index in [0.29, 0.717) is 5.69 Å². The molecule has 3 aromatic rings. The number of hydrogen-bond acceptors (Lipinski definition) is 6. The first kappa shape index (κ1) is 27.1. The van der Waals surface area contributed by atoms with E-state index in [1.807, 2.05) is 36.4 Å². The van der Waals surface area contributed by atoms with Gasteiger partial charge in [-0.2, -0.15) is 0 Å². The predicted octanol–water partition coefficient (Wildman–Crippen LogP) is 6.10. The van der Waals surface area contributed by atoms with Crippen LogP contribution in [0.1, 0.15) is 74.7 Å². The maximum atomic E-state index is 13.7. The summed E-state index contributed by atoms with van der Waals surface area (Å²) in [5, 5.41) is 3.50. The number of hydrogen-bond donors (Lipinski definition) is 1. The zero-order valence-corrected chi connectivity index (χ0v) is 24.0. The fraction of sp³-hybridized carbons (Fsp3) is 0.594. The molecule has 0 atom stereocenters. The number of anilines is 2. The van der Waals surface area contributed by atoms with E-state index in [-0.39, 0.29) is 5.91 Å². The highest BCUT2D eigenvalue weighted by Crippen LogP contribution is 2.34. The lowest BCUT2D eigenvalue weighted by molar-refractivity contribution is 0.0741. The highest BCUT2D eigenvalue weighted by atomic mass is 16.5. The Balaban J connectivity index is 1.24. The minimum atomic E-state index is 0.0638. The molecule has 6 rings (SSSR count). The van der Waals surface area contributed by atoms with Crippen molar-refractivity contribution in [3.63, 3.8) is 0 Å². The Bertz CT molecular complexity index is 1260. The number of carbonyl (C=O) groups excluding carboxylic acids is 1. The summed E-state index contributed by atoms with van der Waals surface area (Å²) in [6.45, 7) is 5.93. The number of aromatic nitrogens is 3. The molecule has 214 valence electrons. The van der Waals surface area contributed by atoms with Gasteiger partial charge in [-0.1, -0.05) is 32.1 Å². The average molecular weight is 545 g/mol. The third-order valence-electron chi connectivity index (χ3n) is 8.76. The molecular formula is C32H44N6O2. The monoisotopic (exact) mass is 544 g/mol. The van der Waals surface area contributed by atoms with Gasteiger partial charge in [-0.05, 0) is 100.0 Å². The minimum absolute atomic E-state index is 0.0638. The van der Waals surface area contributed by atoms with Gasteiger partial charge in [0.05, 0.1) is 7.11 Å². The van der Waals surface area contributed by atoms with Crippen LogP contribution in [-0.4, -0.2) is 70.1 Å². The van der Waals surface area contributed by atoms with Crippen LogP contribution in [-0.2, 0) is 6.54 Å². The van der Waals surface area contributed by atoms with E-state index in [9.17, 15) is 4.79 Å². The number of methoxy groups -OCH3 is 1. The number of benzene rings is 1. The van der Waals surface area contributed by atoms with Crippen molar-refractivity contribution < 1.29 is 9.53 Å². The third-order valence-corrected chi connectivity index (χ3v) is 8.76. The van der Waals surface area contributed by atoms with E-state index in [1.165, 1.54) is 58.0 Å². The molecule has 2 aromatic heterocycles. The second-order valence-electron chi connectivity index (χ2n) is 12.0. The van der Waals surface area contributed by atoms with Gasteiger partial charge in [-0.25, -0.2) is 9.97 Å². The van der Waals surface area contributed by atoms with Crippen molar-refractivity contribution in [3.8, 4) is 5.75 Å². The first-order valence-corrected chi connectivity index (χ1v) is 15.5. The molecule has 0 unspecified atom stereocenters. The summed E-state index contributed by atoms with van der Waals surface area (Å²) in [7, 11) is 1.67. The molecule has 1 aromatic carbocycles. The van der Waals surface area contributed by atoms with Crippen molar-refractivity contribution in [2.45, 2.75) is 70.8 Å². The standard InChI is InChI=1S/C32H44N6O2/c1-40-27-12-10-26(11-13-27)33-32-35-28-14-15-29(31(39)37(22-16-24-6-7-24)23-17-25-8-9-25)34-30(28)38(32)21-5-20-36-18-3-2-4-19-36/h10-15,24-25H,2-9,16-23H2,1H3,(H,33,35). The molecule has 1 N–H and O–H groups in total. The zero-order chi connectivity index (χ0) is 27.3. The van der Waals surface area contributed by atoms with Crippen LogP contribution in [0.2, 0.25) is 0 Å². The van der Waals surface area contributed by atoms with Crippen molar-refractivity contribution >= 4 is 28.7 Å². The Morgan fingerprint density at radius 2 is 1.62 bits per heavy atom. The van der Waals surface area contributed by atoms with E-state index in [4.69, 9.17) is 14.7 Å². The van der Waals surface area contributed by atoms with Crippen LogP contribution in [0.5, 0.6) is 5.75 Å². The fourth-order valence-corrected chi connectivity index (χ4v) is 5.83. The van der Waals surface area contributed by atoms with Gasteiger partial charge in [0.25, 0.3) is 5.91 Å². The van der Waals surface area contributed by atoms with Crippen LogP contribution >= 0.6 is 0 Å². The molecule has 8 nitrogen and oxygen atoms in total. The quantitative estimate of drug-likeness (QED) is 0.264. The number of likely N-dealkylation sites (tertiary alicyclic amines) is 1. The van der Waals surface area contributed by atoms with Crippen molar-refractivity contribution in [1.29, 1.82) is 0 Å². The number of aryl methyl sites for hydroxylation is 1. The number of carbonyl (C=O) groups is 1. The van der Waals surface area contributed by atoms with Crippen molar-refractivity contribution in [1.82, 2.24) is 24.3 Å². The summed E-state index contributed by atoms with van der Waals surface area (Å²) in [6, 6.07) is 11.7. The number of ether oxygens (including phenoxy) is 1. The summed E-state index contributed by atoms with van der Waals surface area (Å²) in [6.07, 6.45) is 12.4. The molecule has 8 heteroatoms. The molecule has 0 radical (unpaired) electrons. The van der Waals surface area contributed by atoms with Crippen LogP contribution in [0, 0.1) is 11.8 Å². The van der Waals surface area contributed by atoms with E-state index in [0.717, 1.165) is 85.8 Å². The Morgan fingerprint density at radius 3 is 2.27 bits per heavy atom. The van der Waals surface area contributed by atoms with Crippen LogP contribution < -0.4 is 10.1 Å². The number of imidazole rings is 1. The van der Waals surface area contributed by atoms with Crippen LogP contribution in [0.3, 0.4) is 0 Å². The summed E-state index contributed by atoms with van der Waals surface area (Å²) >= 11 is 0. The molecule has 1 amide bonds. The van der Waals surface area contributed by atoms with E-state index < -0.39 is 0 Å². The van der Waals surface area contributed by atoms with Gasteiger partial charge in [0.1, 0.15) is 17.0 Å². The Labute approximate surface area is 238 Å². The third kappa shape index (κ3) is 6.95. The van der Waals surface area contributed by atoms with Gasteiger partial charge >= 0.3 is 0 Å². The molecule has 1 saturated heterocycles. The fourth-order valence-electron chi connectivity index (χ4n) is 5.83. The normalized spacial score (nSPS) is 17.7. The van der Waals surface area contributed by atoms with E-state index >= 15 is 0 Å². The van der Waals surface area contributed by atoms with Gasteiger partial charge in [0.15, 0.2) is 5.65 Å².